The molecule has 0 aliphatic carbocycles. The largest absolute Gasteiger partial charge is 0.309 e. The molecule has 56 heavy (non-hydrogen) atoms. The van der Waals surface area contributed by atoms with E-state index in [1.807, 2.05) is 0 Å². The summed E-state index contributed by atoms with van der Waals surface area (Å²) in [6, 6.07) is 76.2. The van der Waals surface area contributed by atoms with E-state index < -0.39 is 0 Å². The van der Waals surface area contributed by atoms with E-state index in [1.165, 1.54) is 54.8 Å². The molecule has 0 saturated heterocycles. The number of hydrogen-bond acceptors (Lipinski definition) is 1. The van der Waals surface area contributed by atoms with E-state index in [9.17, 15) is 0 Å². The molecule has 0 radical (unpaired) electrons. The summed E-state index contributed by atoms with van der Waals surface area (Å²) in [5, 5.41) is 4.89. The molecule has 0 saturated carbocycles. The summed E-state index contributed by atoms with van der Waals surface area (Å²) in [5.74, 6) is 0.898. The van der Waals surface area contributed by atoms with Crippen LogP contribution < -0.4 is 0 Å². The summed E-state index contributed by atoms with van der Waals surface area (Å²) >= 11 is 0. The molecule has 262 valence electrons. The summed E-state index contributed by atoms with van der Waals surface area (Å²) in [5.41, 5.74) is 15.0. The minimum atomic E-state index is 0.898. The van der Waals surface area contributed by atoms with Gasteiger partial charge in [-0.2, -0.15) is 0 Å². The van der Waals surface area contributed by atoms with Crippen molar-refractivity contribution in [3.8, 4) is 56.1 Å². The van der Waals surface area contributed by atoms with Crippen LogP contribution in [0.25, 0.3) is 99.8 Å². The quantitative estimate of drug-likeness (QED) is 0.168. The van der Waals surface area contributed by atoms with E-state index in [2.05, 4.69) is 221 Å². The summed E-state index contributed by atoms with van der Waals surface area (Å²) in [6.07, 6.45) is 0. The highest BCUT2D eigenvalue weighted by Gasteiger charge is 2.18. The number of hydrogen-bond donors (Lipinski definition) is 0. The van der Waals surface area contributed by atoms with Crippen molar-refractivity contribution < 1.29 is 0 Å². The predicted molar refractivity (Wildman–Crippen MR) is 235 cm³/mol. The molecule has 3 heterocycles. The Bertz CT molecular complexity index is 3150. The number of aromatic nitrogens is 3. The number of fused-ring (bicyclic) bond motifs is 6. The zero-order chi connectivity index (χ0) is 37.0. The first-order valence-corrected chi connectivity index (χ1v) is 19.1. The van der Waals surface area contributed by atoms with E-state index >= 15 is 0 Å². The third-order valence-corrected chi connectivity index (χ3v) is 11.1. The zero-order valence-corrected chi connectivity index (χ0v) is 30.5. The molecule has 11 aromatic rings. The first kappa shape index (κ1) is 32.0. The monoisotopic (exact) mass is 713 g/mol. The van der Waals surface area contributed by atoms with Crippen molar-refractivity contribution in [2.75, 3.05) is 0 Å². The van der Waals surface area contributed by atoms with Gasteiger partial charge in [-0.15, -0.1) is 0 Å². The third-order valence-electron chi connectivity index (χ3n) is 11.1. The van der Waals surface area contributed by atoms with Gasteiger partial charge >= 0.3 is 0 Å². The Labute approximate surface area is 325 Å². The average molecular weight is 714 g/mol. The first-order chi connectivity index (χ1) is 27.8. The molecular formula is C53H35N3. The van der Waals surface area contributed by atoms with Gasteiger partial charge in [-0.3, -0.25) is 4.57 Å². The minimum absolute atomic E-state index is 0.898. The highest BCUT2D eigenvalue weighted by Crippen LogP contribution is 2.39. The lowest BCUT2D eigenvalue weighted by molar-refractivity contribution is 1.08. The predicted octanol–water partition coefficient (Wildman–Crippen LogP) is 13.9. The Balaban J connectivity index is 1.06. The summed E-state index contributed by atoms with van der Waals surface area (Å²) in [7, 11) is 0. The number of para-hydroxylation sites is 2. The van der Waals surface area contributed by atoms with Crippen molar-refractivity contribution in [2.45, 2.75) is 0 Å². The number of benzene rings is 8. The van der Waals surface area contributed by atoms with Crippen LogP contribution in [0.15, 0.2) is 212 Å². The molecule has 0 aliphatic rings. The van der Waals surface area contributed by atoms with Crippen LogP contribution in [0.4, 0.5) is 0 Å². The van der Waals surface area contributed by atoms with Gasteiger partial charge in [0.05, 0.1) is 27.8 Å². The molecule has 11 rings (SSSR count). The van der Waals surface area contributed by atoms with Crippen LogP contribution in [0.5, 0.6) is 0 Å². The van der Waals surface area contributed by atoms with E-state index in [1.54, 1.807) is 0 Å². The molecule has 3 heteroatoms. The molecule has 0 unspecified atom stereocenters. The van der Waals surface area contributed by atoms with Crippen LogP contribution in [0.1, 0.15) is 0 Å². The maximum atomic E-state index is 5.32. The van der Waals surface area contributed by atoms with Crippen LogP contribution in [0.3, 0.4) is 0 Å². The number of nitrogens with zero attached hydrogens (tertiary/aromatic N) is 3. The smallest absolute Gasteiger partial charge is 0.138 e. The fourth-order valence-electron chi connectivity index (χ4n) is 8.45. The van der Waals surface area contributed by atoms with Gasteiger partial charge in [0, 0.05) is 32.8 Å². The van der Waals surface area contributed by atoms with Crippen LogP contribution >= 0.6 is 0 Å². The molecule has 0 atom stereocenters. The molecule has 0 bridgehead atoms. The van der Waals surface area contributed by atoms with Crippen molar-refractivity contribution in [1.29, 1.82) is 0 Å². The topological polar surface area (TPSA) is 22.8 Å². The lowest BCUT2D eigenvalue weighted by atomic mass is 10.0. The Kier molecular flexibility index (Phi) is 7.49. The van der Waals surface area contributed by atoms with E-state index in [0.717, 1.165) is 44.9 Å². The van der Waals surface area contributed by atoms with Crippen LogP contribution in [-0.4, -0.2) is 14.1 Å². The fraction of sp³-hybridized carbons (Fsp3) is 0. The van der Waals surface area contributed by atoms with Crippen molar-refractivity contribution in [3.05, 3.63) is 212 Å². The van der Waals surface area contributed by atoms with Gasteiger partial charge in [0.1, 0.15) is 5.82 Å². The molecule has 3 aromatic heterocycles. The minimum Gasteiger partial charge on any atom is -0.309 e. The second-order valence-corrected chi connectivity index (χ2v) is 14.4. The molecule has 0 N–H and O–H groups in total. The van der Waals surface area contributed by atoms with Gasteiger partial charge in [-0.25, -0.2) is 4.98 Å². The van der Waals surface area contributed by atoms with Gasteiger partial charge in [0.25, 0.3) is 0 Å². The second-order valence-electron chi connectivity index (χ2n) is 14.4. The summed E-state index contributed by atoms with van der Waals surface area (Å²) in [4.78, 5) is 5.32. The van der Waals surface area contributed by atoms with Crippen molar-refractivity contribution >= 4 is 43.6 Å². The Morgan fingerprint density at radius 2 is 0.696 bits per heavy atom. The fourth-order valence-corrected chi connectivity index (χ4v) is 8.45. The maximum absolute atomic E-state index is 5.32. The van der Waals surface area contributed by atoms with E-state index in [0.29, 0.717) is 0 Å². The van der Waals surface area contributed by atoms with Gasteiger partial charge < -0.3 is 4.57 Å². The van der Waals surface area contributed by atoms with Gasteiger partial charge in [0.15, 0.2) is 0 Å². The lowest BCUT2D eigenvalue weighted by Crippen LogP contribution is -2.00. The van der Waals surface area contributed by atoms with E-state index in [4.69, 9.17) is 4.98 Å². The lowest BCUT2D eigenvalue weighted by Gasteiger charge is -2.13. The molecule has 0 aliphatic heterocycles. The molecule has 8 aromatic carbocycles. The Morgan fingerprint density at radius 1 is 0.268 bits per heavy atom. The SMILES string of the molecule is c1ccc(-c2ccc(-n3c4ccccc4c4cc(-c5ccc6c(c5)c5ccccc5n6-c5cc(-c6ccccc6)cc(-c6ccccc6)n5)ccc43)cc2)cc1. The number of pyridine rings is 1. The highest BCUT2D eigenvalue weighted by molar-refractivity contribution is 6.12. The van der Waals surface area contributed by atoms with E-state index in [-0.39, 0.29) is 0 Å². The van der Waals surface area contributed by atoms with Gasteiger partial charge in [-0.05, 0) is 94.0 Å². The van der Waals surface area contributed by atoms with Crippen LogP contribution in [0, 0.1) is 0 Å². The van der Waals surface area contributed by atoms with Crippen molar-refractivity contribution in [2.24, 2.45) is 0 Å². The molecular weight excluding hydrogens is 679 g/mol. The third kappa shape index (κ3) is 5.32. The highest BCUT2D eigenvalue weighted by atomic mass is 15.1. The van der Waals surface area contributed by atoms with Gasteiger partial charge in [-0.1, -0.05) is 152 Å². The molecule has 0 fully saturated rings. The average Bonchev–Trinajstić information content (AvgIpc) is 3.79. The Hall–Kier alpha value is -7.49. The first-order valence-electron chi connectivity index (χ1n) is 19.1. The van der Waals surface area contributed by atoms with Gasteiger partial charge in [0.2, 0.25) is 0 Å². The van der Waals surface area contributed by atoms with Crippen molar-refractivity contribution in [3.63, 3.8) is 0 Å². The van der Waals surface area contributed by atoms with Crippen molar-refractivity contribution in [1.82, 2.24) is 14.1 Å². The normalized spacial score (nSPS) is 11.6. The number of rotatable bonds is 6. The molecule has 0 spiro atoms. The molecule has 0 amide bonds. The maximum Gasteiger partial charge on any atom is 0.138 e. The second kappa shape index (κ2) is 13.1. The summed E-state index contributed by atoms with van der Waals surface area (Å²) in [6.45, 7) is 0. The Morgan fingerprint density at radius 3 is 1.29 bits per heavy atom. The van der Waals surface area contributed by atoms with Crippen LogP contribution in [0.2, 0.25) is 0 Å². The standard InChI is InChI=1S/C53H35N3/c1-4-14-36(15-5-1)38-24-28-43(29-25-38)55-49-22-12-10-20-44(49)46-32-40(26-30-51(46)55)41-27-31-52-47(33-41)45-21-11-13-23-50(45)56(52)53-35-42(37-16-6-2-7-17-37)34-48(54-53)39-18-8-3-9-19-39/h1-35H. The summed E-state index contributed by atoms with van der Waals surface area (Å²) < 4.78 is 4.72. The zero-order valence-electron chi connectivity index (χ0n) is 30.5. The van der Waals surface area contributed by atoms with Crippen LogP contribution in [-0.2, 0) is 0 Å². The molecule has 3 nitrogen and oxygen atoms in total.